The Hall–Kier alpha value is -3.08. The predicted molar refractivity (Wildman–Crippen MR) is 108 cm³/mol. The van der Waals surface area contributed by atoms with Crippen LogP contribution in [-0.2, 0) is 14.3 Å². The second-order valence-electron chi connectivity index (χ2n) is 7.45. The zero-order valence-electron chi connectivity index (χ0n) is 16.2. The van der Waals surface area contributed by atoms with Crippen molar-refractivity contribution in [2.75, 3.05) is 19.8 Å². The summed E-state index contributed by atoms with van der Waals surface area (Å²) in [4.78, 5) is 24.2. The normalized spacial score (nSPS) is 12.6. The Labute approximate surface area is 165 Å². The maximum Gasteiger partial charge on any atom is 0.407 e. The van der Waals surface area contributed by atoms with Crippen LogP contribution in [0, 0.1) is 5.41 Å². The summed E-state index contributed by atoms with van der Waals surface area (Å²) in [5.74, 6) is -0.393. The number of carbonyl (C=O) groups excluding carboxylic acids is 2. The van der Waals surface area contributed by atoms with Gasteiger partial charge in [0.05, 0.1) is 5.41 Å². The Morgan fingerprint density at radius 2 is 1.61 bits per heavy atom. The van der Waals surface area contributed by atoms with Crippen LogP contribution in [0.3, 0.4) is 0 Å². The third-order valence-electron chi connectivity index (χ3n) is 4.90. The first-order valence-electron chi connectivity index (χ1n) is 9.31. The van der Waals surface area contributed by atoms with Gasteiger partial charge in [-0.05, 0) is 36.1 Å². The molecule has 5 nitrogen and oxygen atoms in total. The van der Waals surface area contributed by atoms with Crippen LogP contribution in [0.15, 0.2) is 61.2 Å². The van der Waals surface area contributed by atoms with Crippen LogP contribution in [0.1, 0.15) is 30.9 Å². The van der Waals surface area contributed by atoms with Gasteiger partial charge in [0, 0.05) is 12.5 Å². The molecule has 5 heteroatoms. The van der Waals surface area contributed by atoms with Crippen LogP contribution in [-0.4, -0.2) is 31.8 Å². The second kappa shape index (κ2) is 8.30. The lowest BCUT2D eigenvalue weighted by atomic mass is 9.94. The first-order chi connectivity index (χ1) is 13.4. The molecule has 0 fully saturated rings. The molecule has 0 radical (unpaired) electrons. The minimum Gasteiger partial charge on any atom is -0.461 e. The van der Waals surface area contributed by atoms with Gasteiger partial charge in [0.1, 0.15) is 13.2 Å². The Bertz CT molecular complexity index is 842. The molecule has 0 saturated carbocycles. The maximum atomic E-state index is 12.2. The number of benzene rings is 2. The number of carbonyl (C=O) groups is 2. The van der Waals surface area contributed by atoms with E-state index in [2.05, 4.69) is 36.2 Å². The van der Waals surface area contributed by atoms with E-state index in [1.807, 2.05) is 24.3 Å². The van der Waals surface area contributed by atoms with Crippen molar-refractivity contribution in [3.05, 3.63) is 72.3 Å². The molecule has 1 aliphatic rings. The highest BCUT2D eigenvalue weighted by molar-refractivity contribution is 5.79. The molecule has 28 heavy (non-hydrogen) atoms. The summed E-state index contributed by atoms with van der Waals surface area (Å²) in [6, 6.07) is 16.3. The van der Waals surface area contributed by atoms with E-state index in [4.69, 9.17) is 9.47 Å². The third-order valence-corrected chi connectivity index (χ3v) is 4.90. The number of fused-ring (bicyclic) bond motifs is 3. The molecule has 0 bridgehead atoms. The molecule has 2 aromatic rings. The van der Waals surface area contributed by atoms with Gasteiger partial charge in [0.15, 0.2) is 0 Å². The zero-order chi connectivity index (χ0) is 20.1. The maximum absolute atomic E-state index is 12.2. The van der Waals surface area contributed by atoms with Crippen molar-refractivity contribution < 1.29 is 19.1 Å². The van der Waals surface area contributed by atoms with Gasteiger partial charge < -0.3 is 14.8 Å². The van der Waals surface area contributed by atoms with Gasteiger partial charge in [-0.1, -0.05) is 61.2 Å². The second-order valence-corrected chi connectivity index (χ2v) is 7.45. The number of esters is 1. The van der Waals surface area contributed by atoms with E-state index in [1.165, 1.54) is 17.2 Å². The van der Waals surface area contributed by atoms with Crippen molar-refractivity contribution in [1.29, 1.82) is 0 Å². The molecule has 0 heterocycles. The highest BCUT2D eigenvalue weighted by atomic mass is 16.5. The minimum absolute atomic E-state index is 0.00344. The number of hydrogen-bond donors (Lipinski definition) is 1. The van der Waals surface area contributed by atoms with Crippen molar-refractivity contribution in [3.8, 4) is 11.1 Å². The van der Waals surface area contributed by atoms with Gasteiger partial charge in [-0.25, -0.2) is 4.79 Å². The summed E-state index contributed by atoms with van der Waals surface area (Å²) in [6.07, 6.45) is 0.957. The monoisotopic (exact) mass is 379 g/mol. The van der Waals surface area contributed by atoms with E-state index in [1.54, 1.807) is 13.8 Å². The van der Waals surface area contributed by atoms with Gasteiger partial charge in [-0.2, -0.15) is 0 Å². The molecule has 1 aliphatic carbocycles. The number of amides is 1. The molecule has 3 rings (SSSR count). The van der Waals surface area contributed by atoms with E-state index >= 15 is 0 Å². The molecule has 1 amide bonds. The zero-order valence-corrected chi connectivity index (χ0v) is 16.2. The Morgan fingerprint density at radius 1 is 1.04 bits per heavy atom. The first kappa shape index (κ1) is 19.7. The van der Waals surface area contributed by atoms with Crippen LogP contribution in [0.4, 0.5) is 4.79 Å². The summed E-state index contributed by atoms with van der Waals surface area (Å²) in [6.45, 7) is 7.45. The van der Waals surface area contributed by atoms with Gasteiger partial charge in [-0.15, -0.1) is 0 Å². The number of hydrogen-bond acceptors (Lipinski definition) is 4. The van der Waals surface area contributed by atoms with Gasteiger partial charge in [-0.3, -0.25) is 4.79 Å². The summed E-state index contributed by atoms with van der Waals surface area (Å²) in [5, 5.41) is 2.66. The predicted octanol–water partition coefficient (Wildman–Crippen LogP) is 4.28. The van der Waals surface area contributed by atoms with Crippen LogP contribution in [0.2, 0.25) is 0 Å². The number of rotatable bonds is 7. The van der Waals surface area contributed by atoms with E-state index < -0.39 is 17.5 Å². The molecule has 0 aliphatic heterocycles. The molecular weight excluding hydrogens is 354 g/mol. The topological polar surface area (TPSA) is 64.6 Å². The lowest BCUT2D eigenvalue weighted by Gasteiger charge is -2.22. The highest BCUT2D eigenvalue weighted by Crippen LogP contribution is 2.44. The van der Waals surface area contributed by atoms with Crippen LogP contribution < -0.4 is 5.32 Å². The van der Waals surface area contributed by atoms with Crippen LogP contribution >= 0.6 is 0 Å². The van der Waals surface area contributed by atoms with E-state index in [0.717, 1.165) is 11.1 Å². The lowest BCUT2D eigenvalue weighted by molar-refractivity contribution is -0.152. The first-order valence-corrected chi connectivity index (χ1v) is 9.31. The van der Waals surface area contributed by atoms with Crippen molar-refractivity contribution in [1.82, 2.24) is 5.32 Å². The van der Waals surface area contributed by atoms with E-state index in [0.29, 0.717) is 0 Å². The van der Waals surface area contributed by atoms with E-state index in [9.17, 15) is 9.59 Å². The quantitative estimate of drug-likeness (QED) is 0.576. The largest absolute Gasteiger partial charge is 0.461 e. The summed E-state index contributed by atoms with van der Waals surface area (Å²) < 4.78 is 10.5. The molecule has 146 valence electrons. The van der Waals surface area contributed by atoms with Crippen LogP contribution in [0.25, 0.3) is 11.1 Å². The van der Waals surface area contributed by atoms with Crippen molar-refractivity contribution >= 4 is 12.1 Å². The Balaban J connectivity index is 1.59. The lowest BCUT2D eigenvalue weighted by Crippen LogP contribution is -2.40. The fourth-order valence-electron chi connectivity index (χ4n) is 3.34. The fourth-order valence-corrected chi connectivity index (χ4v) is 3.34. The number of nitrogens with one attached hydrogen (secondary N) is 1. The highest BCUT2D eigenvalue weighted by Gasteiger charge is 2.31. The number of ether oxygens (including phenoxy) is 2. The van der Waals surface area contributed by atoms with E-state index in [-0.39, 0.29) is 25.7 Å². The molecule has 0 saturated heterocycles. The third kappa shape index (κ3) is 4.09. The summed E-state index contributed by atoms with van der Waals surface area (Å²) in [7, 11) is 0. The molecule has 0 atom stereocenters. The molecular formula is C23H25NO4. The average molecular weight is 379 g/mol. The molecule has 0 aromatic heterocycles. The summed E-state index contributed by atoms with van der Waals surface area (Å²) >= 11 is 0. The standard InChI is InChI=1S/C23H25NO4/c1-4-13-27-21(25)23(2,3)15-24-22(26)28-14-20-18-11-7-5-9-16(18)17-10-6-8-12-19(17)20/h4-12,20H,1,13-15H2,2-3H3,(H,24,26). The molecule has 2 aromatic carbocycles. The Morgan fingerprint density at radius 3 is 2.18 bits per heavy atom. The van der Waals surface area contributed by atoms with Crippen molar-refractivity contribution in [2.45, 2.75) is 19.8 Å². The SMILES string of the molecule is C=CCOC(=O)C(C)(C)CNC(=O)OCC1c2ccccc2-c2ccccc21. The number of alkyl carbamates (subject to hydrolysis) is 1. The molecule has 0 spiro atoms. The Kier molecular flexibility index (Phi) is 5.83. The summed E-state index contributed by atoms with van der Waals surface area (Å²) in [5.41, 5.74) is 3.82. The van der Waals surface area contributed by atoms with Crippen LogP contribution in [0.5, 0.6) is 0 Å². The van der Waals surface area contributed by atoms with Crippen molar-refractivity contribution in [2.24, 2.45) is 5.41 Å². The van der Waals surface area contributed by atoms with Gasteiger partial charge in [0.2, 0.25) is 0 Å². The van der Waals surface area contributed by atoms with Gasteiger partial charge in [0.25, 0.3) is 0 Å². The molecule has 1 N–H and O–H groups in total. The van der Waals surface area contributed by atoms with Gasteiger partial charge >= 0.3 is 12.1 Å². The molecule has 0 unspecified atom stereocenters. The van der Waals surface area contributed by atoms with Crippen molar-refractivity contribution in [3.63, 3.8) is 0 Å². The smallest absolute Gasteiger partial charge is 0.407 e. The fraction of sp³-hybridized carbons (Fsp3) is 0.304. The average Bonchev–Trinajstić information content (AvgIpc) is 3.03. The minimum atomic E-state index is -0.853.